The van der Waals surface area contributed by atoms with Gasteiger partial charge in [-0.05, 0) is 67.7 Å². The summed E-state index contributed by atoms with van der Waals surface area (Å²) in [5.41, 5.74) is 12.1. The molecule has 0 spiro atoms. The largest absolute Gasteiger partial charge is 0.508 e. The van der Waals surface area contributed by atoms with Gasteiger partial charge < -0.3 is 15.9 Å². The molecule has 3 aliphatic carbocycles. The summed E-state index contributed by atoms with van der Waals surface area (Å²) in [6.45, 7) is 6.75. The Balaban J connectivity index is 1.95. The van der Waals surface area contributed by atoms with Crippen molar-refractivity contribution in [2.75, 3.05) is 0 Å². The number of hydrogen-bond acceptors (Lipinski definition) is 3. The monoisotopic (exact) mass is 327 g/mol. The Morgan fingerprint density at radius 2 is 1.92 bits per heavy atom. The molecule has 0 saturated heterocycles. The number of aliphatic hydroxyl groups is 1. The van der Waals surface area contributed by atoms with E-state index in [1.54, 1.807) is 0 Å². The number of hydrogen-bond donors (Lipinski definition) is 3. The van der Waals surface area contributed by atoms with Gasteiger partial charge in [0.25, 0.3) is 0 Å². The van der Waals surface area contributed by atoms with E-state index in [1.165, 1.54) is 22.3 Å². The van der Waals surface area contributed by atoms with Gasteiger partial charge in [0.1, 0.15) is 5.75 Å². The summed E-state index contributed by atoms with van der Waals surface area (Å²) in [5.74, 6) is 0.568. The van der Waals surface area contributed by atoms with Crippen LogP contribution in [0.4, 0.5) is 0 Å². The molecule has 24 heavy (non-hydrogen) atoms. The Hall–Kier alpha value is -1.32. The molecule has 0 radical (unpaired) electrons. The average Bonchev–Trinajstić information content (AvgIpc) is 2.81. The summed E-state index contributed by atoms with van der Waals surface area (Å²) in [4.78, 5) is 0. The van der Waals surface area contributed by atoms with E-state index in [9.17, 15) is 10.2 Å². The third kappa shape index (κ3) is 2.11. The first-order valence-corrected chi connectivity index (χ1v) is 9.25. The van der Waals surface area contributed by atoms with E-state index in [2.05, 4.69) is 26.8 Å². The minimum Gasteiger partial charge on any atom is -0.508 e. The second-order valence-corrected chi connectivity index (χ2v) is 8.85. The van der Waals surface area contributed by atoms with Crippen molar-refractivity contribution in [1.29, 1.82) is 0 Å². The number of rotatable bonds is 1. The highest BCUT2D eigenvalue weighted by Crippen LogP contribution is 2.61. The molecule has 5 atom stereocenters. The zero-order chi connectivity index (χ0) is 17.3. The highest BCUT2D eigenvalue weighted by molar-refractivity contribution is 5.54. The Kier molecular flexibility index (Phi) is 3.43. The summed E-state index contributed by atoms with van der Waals surface area (Å²) >= 11 is 0. The molecule has 4 N–H and O–H groups in total. The number of benzene rings is 1. The van der Waals surface area contributed by atoms with Gasteiger partial charge in [0.2, 0.25) is 0 Å². The topological polar surface area (TPSA) is 66.5 Å². The number of nitrogens with two attached hydrogens (primary N) is 1. The molecule has 0 aliphatic heterocycles. The van der Waals surface area contributed by atoms with Gasteiger partial charge in [-0.1, -0.05) is 31.1 Å². The molecule has 3 nitrogen and oxygen atoms in total. The highest BCUT2D eigenvalue weighted by atomic mass is 16.3. The summed E-state index contributed by atoms with van der Waals surface area (Å²) in [7, 11) is 0. The fraction of sp³-hybridized carbons (Fsp3) is 0.619. The van der Waals surface area contributed by atoms with Gasteiger partial charge in [0, 0.05) is 17.4 Å². The Labute approximate surface area is 144 Å². The molecule has 0 aromatic heterocycles. The number of phenols is 1. The summed E-state index contributed by atoms with van der Waals surface area (Å²) in [6, 6.07) is 5.89. The molecule has 1 aromatic rings. The molecule has 1 saturated carbocycles. The molecule has 130 valence electrons. The van der Waals surface area contributed by atoms with Crippen LogP contribution in [0.3, 0.4) is 0 Å². The van der Waals surface area contributed by atoms with E-state index in [0.717, 1.165) is 32.1 Å². The van der Waals surface area contributed by atoms with Crippen molar-refractivity contribution in [1.82, 2.24) is 0 Å². The van der Waals surface area contributed by atoms with Crippen molar-refractivity contribution >= 4 is 0 Å². The minimum absolute atomic E-state index is 0.0212. The molecule has 1 aromatic carbocycles. The van der Waals surface area contributed by atoms with Gasteiger partial charge in [0.15, 0.2) is 0 Å². The zero-order valence-electron chi connectivity index (χ0n) is 15.0. The maximum atomic E-state index is 10.3. The number of aliphatic hydroxyl groups excluding tert-OH is 1. The van der Waals surface area contributed by atoms with Gasteiger partial charge in [0.05, 0.1) is 6.10 Å². The molecule has 1 fully saturated rings. The lowest BCUT2D eigenvalue weighted by Gasteiger charge is -2.50. The fourth-order valence-corrected chi connectivity index (χ4v) is 5.75. The molecule has 0 amide bonds. The van der Waals surface area contributed by atoms with E-state index < -0.39 is 0 Å². The molecule has 0 heterocycles. The minimum atomic E-state index is -0.199. The summed E-state index contributed by atoms with van der Waals surface area (Å²) in [5, 5.41) is 20.3. The van der Waals surface area contributed by atoms with Gasteiger partial charge in [-0.25, -0.2) is 0 Å². The van der Waals surface area contributed by atoms with E-state index in [0.29, 0.717) is 5.75 Å². The normalized spacial score (nSPS) is 39.2. The average molecular weight is 327 g/mol. The Morgan fingerprint density at radius 1 is 1.17 bits per heavy atom. The Bertz CT molecular complexity index is 723. The molecule has 3 unspecified atom stereocenters. The third-order valence-electron chi connectivity index (χ3n) is 7.15. The van der Waals surface area contributed by atoms with Crippen molar-refractivity contribution in [3.63, 3.8) is 0 Å². The van der Waals surface area contributed by atoms with E-state index in [4.69, 9.17) is 5.73 Å². The molecular formula is C21H29NO2. The van der Waals surface area contributed by atoms with E-state index in [1.807, 2.05) is 12.1 Å². The van der Waals surface area contributed by atoms with Crippen LogP contribution in [0.25, 0.3) is 0 Å². The van der Waals surface area contributed by atoms with Gasteiger partial charge in [-0.15, -0.1) is 0 Å². The smallest absolute Gasteiger partial charge is 0.115 e. The SMILES string of the molecule is CC(N)C1CC2=C3C[C@@H](O)CC3(C)CC[C@]2(C)c2ccc(O)cc21. The van der Waals surface area contributed by atoms with Crippen molar-refractivity contribution in [2.45, 2.75) is 76.4 Å². The second-order valence-electron chi connectivity index (χ2n) is 8.85. The van der Waals surface area contributed by atoms with Crippen LogP contribution in [0.2, 0.25) is 0 Å². The van der Waals surface area contributed by atoms with Crippen LogP contribution in [-0.2, 0) is 5.41 Å². The standard InChI is InChI=1S/C21H29NO2/c1-12(22)15-10-19-18-9-14(24)11-20(18,2)6-7-21(19,3)17-5-4-13(23)8-16(15)17/h4-5,8,12,14-15,23-24H,6-7,9-11,22H2,1-3H3/t12?,14-,15?,20?,21-/m1/s1. The van der Waals surface area contributed by atoms with Crippen molar-refractivity contribution in [3.8, 4) is 5.75 Å². The lowest BCUT2D eigenvalue weighted by molar-refractivity contribution is 0.156. The number of fused-ring (bicyclic) bond motifs is 4. The number of aromatic hydroxyl groups is 1. The quantitative estimate of drug-likeness (QED) is 0.688. The van der Waals surface area contributed by atoms with Crippen LogP contribution >= 0.6 is 0 Å². The number of allylic oxidation sites excluding steroid dienone is 1. The molecule has 3 heteroatoms. The highest BCUT2D eigenvalue weighted by Gasteiger charge is 2.51. The molecule has 0 bridgehead atoms. The van der Waals surface area contributed by atoms with Crippen molar-refractivity contribution < 1.29 is 10.2 Å². The van der Waals surface area contributed by atoms with Crippen LogP contribution in [0.5, 0.6) is 5.75 Å². The maximum Gasteiger partial charge on any atom is 0.115 e. The fourth-order valence-electron chi connectivity index (χ4n) is 5.75. The van der Waals surface area contributed by atoms with Gasteiger partial charge in [-0.3, -0.25) is 0 Å². The molecule has 3 aliphatic rings. The predicted octanol–water partition coefficient (Wildman–Crippen LogP) is 3.74. The molecule has 4 rings (SSSR count). The first-order chi connectivity index (χ1) is 11.2. The van der Waals surface area contributed by atoms with Crippen LogP contribution in [0.1, 0.15) is 69.9 Å². The summed E-state index contributed by atoms with van der Waals surface area (Å²) in [6.07, 6.45) is 4.71. The van der Waals surface area contributed by atoms with Crippen LogP contribution in [0, 0.1) is 5.41 Å². The predicted molar refractivity (Wildman–Crippen MR) is 96.1 cm³/mol. The van der Waals surface area contributed by atoms with E-state index in [-0.39, 0.29) is 28.9 Å². The first kappa shape index (κ1) is 16.2. The van der Waals surface area contributed by atoms with E-state index >= 15 is 0 Å². The van der Waals surface area contributed by atoms with Crippen LogP contribution in [-0.4, -0.2) is 22.4 Å². The Morgan fingerprint density at radius 3 is 2.62 bits per heavy atom. The lowest BCUT2D eigenvalue weighted by atomic mass is 9.54. The summed E-state index contributed by atoms with van der Waals surface area (Å²) < 4.78 is 0. The zero-order valence-corrected chi connectivity index (χ0v) is 15.0. The maximum absolute atomic E-state index is 10.3. The van der Waals surface area contributed by atoms with Crippen molar-refractivity contribution in [3.05, 3.63) is 40.5 Å². The second kappa shape index (κ2) is 5.09. The third-order valence-corrected chi connectivity index (χ3v) is 7.15. The lowest BCUT2D eigenvalue weighted by Crippen LogP contribution is -2.42. The first-order valence-electron chi connectivity index (χ1n) is 9.25. The van der Waals surface area contributed by atoms with Crippen LogP contribution < -0.4 is 5.73 Å². The van der Waals surface area contributed by atoms with Crippen LogP contribution in [0.15, 0.2) is 29.3 Å². The number of phenolic OH excluding ortho intramolecular Hbond substituents is 1. The van der Waals surface area contributed by atoms with Gasteiger partial charge in [-0.2, -0.15) is 0 Å². The van der Waals surface area contributed by atoms with Crippen molar-refractivity contribution in [2.24, 2.45) is 11.1 Å². The van der Waals surface area contributed by atoms with Gasteiger partial charge >= 0.3 is 0 Å². The molecular weight excluding hydrogens is 298 g/mol.